The van der Waals surface area contributed by atoms with Gasteiger partial charge in [0.2, 0.25) is 5.89 Å². The molecule has 3 heterocycles. The van der Waals surface area contributed by atoms with Gasteiger partial charge in [0, 0.05) is 25.2 Å². The molecule has 6 nitrogen and oxygen atoms in total. The summed E-state index contributed by atoms with van der Waals surface area (Å²) in [6.45, 7) is 3.69. The normalized spacial score (nSPS) is 18.5. The summed E-state index contributed by atoms with van der Waals surface area (Å²) < 4.78 is 20.8. The Hall–Kier alpha value is -2.54. The lowest BCUT2D eigenvalue weighted by Gasteiger charge is -2.31. The number of oxazole rings is 1. The minimum absolute atomic E-state index is 0.288. The average Bonchev–Trinajstić information content (AvgIpc) is 3.27. The number of halogens is 1. The molecule has 25 heavy (non-hydrogen) atoms. The highest BCUT2D eigenvalue weighted by atomic mass is 19.1. The quantitative estimate of drug-likeness (QED) is 0.714. The van der Waals surface area contributed by atoms with Crippen LogP contribution in [0.1, 0.15) is 18.5 Å². The van der Waals surface area contributed by atoms with E-state index in [-0.39, 0.29) is 5.82 Å². The predicted octanol–water partition coefficient (Wildman–Crippen LogP) is 2.98. The molecule has 130 valence electrons. The van der Waals surface area contributed by atoms with Gasteiger partial charge in [-0.3, -0.25) is 9.58 Å². The summed E-state index contributed by atoms with van der Waals surface area (Å²) in [5.74, 6) is 0.736. The van der Waals surface area contributed by atoms with Crippen LogP contribution in [0.5, 0.6) is 0 Å². The fourth-order valence-electron chi connectivity index (χ4n) is 3.40. The summed E-state index contributed by atoms with van der Waals surface area (Å²) in [4.78, 5) is 10.9. The van der Waals surface area contributed by atoms with Gasteiger partial charge >= 0.3 is 0 Å². The van der Waals surface area contributed by atoms with Crippen LogP contribution in [-0.2, 0) is 13.1 Å². The molecule has 1 atom stereocenters. The Labute approximate surface area is 145 Å². The highest BCUT2D eigenvalue weighted by Crippen LogP contribution is 2.22. The van der Waals surface area contributed by atoms with Gasteiger partial charge in [0.1, 0.15) is 24.7 Å². The lowest BCUT2D eigenvalue weighted by molar-refractivity contribution is 0.151. The number of nitrogens with zero attached hydrogens (tertiary/aromatic N) is 5. The molecular weight excluding hydrogens is 321 g/mol. The van der Waals surface area contributed by atoms with Crippen LogP contribution in [0.25, 0.3) is 11.5 Å². The minimum atomic E-state index is -0.288. The maximum Gasteiger partial charge on any atom is 0.226 e. The highest BCUT2D eigenvalue weighted by molar-refractivity contribution is 5.52. The third-order valence-corrected chi connectivity index (χ3v) is 4.52. The Morgan fingerprint density at radius 1 is 1.32 bits per heavy atom. The molecule has 0 amide bonds. The first-order chi connectivity index (χ1) is 12.3. The van der Waals surface area contributed by atoms with Crippen LogP contribution in [0.3, 0.4) is 0 Å². The molecule has 3 aromatic rings. The topological polar surface area (TPSA) is 60.0 Å². The third kappa shape index (κ3) is 3.93. The molecule has 0 spiro atoms. The van der Waals surface area contributed by atoms with E-state index in [1.165, 1.54) is 18.6 Å². The molecule has 2 aromatic heterocycles. The Bertz CT molecular complexity index is 817. The van der Waals surface area contributed by atoms with E-state index in [1.54, 1.807) is 31.1 Å². The second-order valence-corrected chi connectivity index (χ2v) is 6.52. The van der Waals surface area contributed by atoms with E-state index in [4.69, 9.17) is 4.42 Å². The van der Waals surface area contributed by atoms with Gasteiger partial charge in [-0.2, -0.15) is 5.10 Å². The van der Waals surface area contributed by atoms with Gasteiger partial charge in [0.05, 0.1) is 5.69 Å². The summed E-state index contributed by atoms with van der Waals surface area (Å²) in [6, 6.07) is 6.31. The van der Waals surface area contributed by atoms with Crippen molar-refractivity contribution in [3.8, 4) is 11.5 Å². The van der Waals surface area contributed by atoms with Crippen LogP contribution in [0.2, 0.25) is 0 Å². The number of likely N-dealkylation sites (tertiary alicyclic amines) is 1. The molecular formula is C18H20FN5O. The molecule has 1 aromatic carbocycles. The molecule has 1 aliphatic heterocycles. The second-order valence-electron chi connectivity index (χ2n) is 6.52. The Balaban J connectivity index is 1.38. The van der Waals surface area contributed by atoms with Crippen LogP contribution in [-0.4, -0.2) is 37.7 Å². The summed E-state index contributed by atoms with van der Waals surface area (Å²) in [5, 5.41) is 4.19. The summed E-state index contributed by atoms with van der Waals surface area (Å²) in [6.07, 6.45) is 7.37. The highest BCUT2D eigenvalue weighted by Gasteiger charge is 2.21. The zero-order valence-corrected chi connectivity index (χ0v) is 13.9. The number of piperidine rings is 1. The zero-order valence-electron chi connectivity index (χ0n) is 13.9. The second kappa shape index (κ2) is 7.14. The third-order valence-electron chi connectivity index (χ3n) is 4.52. The average molecular weight is 341 g/mol. The smallest absolute Gasteiger partial charge is 0.226 e. The van der Waals surface area contributed by atoms with Crippen LogP contribution in [0, 0.1) is 11.7 Å². The zero-order chi connectivity index (χ0) is 17.1. The van der Waals surface area contributed by atoms with Gasteiger partial charge in [-0.05, 0) is 43.5 Å². The van der Waals surface area contributed by atoms with Crippen molar-refractivity contribution in [3.05, 3.63) is 54.7 Å². The first kappa shape index (κ1) is 16.0. The summed E-state index contributed by atoms with van der Waals surface area (Å²) in [7, 11) is 0. The first-order valence-electron chi connectivity index (χ1n) is 8.51. The van der Waals surface area contributed by atoms with Gasteiger partial charge in [0.15, 0.2) is 0 Å². The fraction of sp³-hybridized carbons (Fsp3) is 0.389. The Morgan fingerprint density at radius 3 is 3.12 bits per heavy atom. The molecule has 1 fully saturated rings. The van der Waals surface area contributed by atoms with Crippen molar-refractivity contribution in [1.29, 1.82) is 0 Å². The largest absolute Gasteiger partial charge is 0.444 e. The van der Waals surface area contributed by atoms with Gasteiger partial charge in [0.25, 0.3) is 0 Å². The molecule has 0 saturated carbocycles. The molecule has 1 saturated heterocycles. The SMILES string of the molecule is Fc1cccc(-c2nc(CN3CCCC(Cn4cncn4)C3)co2)c1. The predicted molar refractivity (Wildman–Crippen MR) is 89.9 cm³/mol. The van der Waals surface area contributed by atoms with E-state index < -0.39 is 0 Å². The lowest BCUT2D eigenvalue weighted by atomic mass is 9.98. The number of rotatable bonds is 5. The van der Waals surface area contributed by atoms with Gasteiger partial charge < -0.3 is 4.42 Å². The van der Waals surface area contributed by atoms with Crippen molar-refractivity contribution in [2.45, 2.75) is 25.9 Å². The minimum Gasteiger partial charge on any atom is -0.444 e. The Morgan fingerprint density at radius 2 is 2.28 bits per heavy atom. The lowest BCUT2D eigenvalue weighted by Crippen LogP contribution is -2.36. The van der Waals surface area contributed by atoms with E-state index in [0.717, 1.165) is 38.3 Å². The molecule has 0 bridgehead atoms. The molecule has 1 aliphatic rings. The summed E-state index contributed by atoms with van der Waals surface area (Å²) >= 11 is 0. The molecule has 4 rings (SSSR count). The fourth-order valence-corrected chi connectivity index (χ4v) is 3.40. The number of benzene rings is 1. The van der Waals surface area contributed by atoms with E-state index in [0.29, 0.717) is 17.4 Å². The first-order valence-corrected chi connectivity index (χ1v) is 8.51. The van der Waals surface area contributed by atoms with Crippen molar-refractivity contribution in [2.24, 2.45) is 5.92 Å². The number of aromatic nitrogens is 4. The van der Waals surface area contributed by atoms with E-state index in [9.17, 15) is 4.39 Å². The van der Waals surface area contributed by atoms with Crippen molar-refractivity contribution in [1.82, 2.24) is 24.6 Å². The van der Waals surface area contributed by atoms with Crippen molar-refractivity contribution < 1.29 is 8.81 Å². The van der Waals surface area contributed by atoms with E-state index in [1.807, 2.05) is 4.68 Å². The van der Waals surface area contributed by atoms with Gasteiger partial charge in [-0.25, -0.2) is 14.4 Å². The van der Waals surface area contributed by atoms with Crippen LogP contribution in [0.15, 0.2) is 47.6 Å². The van der Waals surface area contributed by atoms with Gasteiger partial charge in [-0.1, -0.05) is 6.07 Å². The molecule has 0 aliphatic carbocycles. The van der Waals surface area contributed by atoms with Crippen molar-refractivity contribution >= 4 is 0 Å². The van der Waals surface area contributed by atoms with Crippen LogP contribution >= 0.6 is 0 Å². The molecule has 0 radical (unpaired) electrons. The monoisotopic (exact) mass is 341 g/mol. The molecule has 7 heteroatoms. The number of hydrogen-bond acceptors (Lipinski definition) is 5. The molecule has 1 unspecified atom stereocenters. The maximum atomic E-state index is 13.3. The number of hydrogen-bond donors (Lipinski definition) is 0. The van der Waals surface area contributed by atoms with E-state index >= 15 is 0 Å². The molecule has 0 N–H and O–H groups in total. The maximum absolute atomic E-state index is 13.3. The standard InChI is InChI=1S/C18H20FN5O/c19-16-5-1-4-15(7-16)18-22-17(11-25-18)10-23-6-2-3-14(8-23)9-24-13-20-12-21-24/h1,4-5,7,11-14H,2-3,6,8-10H2. The Kier molecular flexibility index (Phi) is 4.56. The van der Waals surface area contributed by atoms with Crippen molar-refractivity contribution in [3.63, 3.8) is 0 Å². The summed E-state index contributed by atoms with van der Waals surface area (Å²) in [5.41, 5.74) is 1.54. The van der Waals surface area contributed by atoms with Crippen LogP contribution in [0.4, 0.5) is 4.39 Å². The van der Waals surface area contributed by atoms with Gasteiger partial charge in [-0.15, -0.1) is 0 Å². The van der Waals surface area contributed by atoms with Crippen molar-refractivity contribution in [2.75, 3.05) is 13.1 Å². The van der Waals surface area contributed by atoms with E-state index in [2.05, 4.69) is 20.0 Å². The van der Waals surface area contributed by atoms with Crippen LogP contribution < -0.4 is 0 Å².